The molecule has 2 aliphatic heterocycles. The highest BCUT2D eigenvalue weighted by Gasteiger charge is 2.32. The average molecular weight is 504 g/mol. The number of unbranched alkanes of at least 4 members (excludes halogenated alkanes) is 3. The predicted octanol–water partition coefficient (Wildman–Crippen LogP) is 5.78. The summed E-state index contributed by atoms with van der Waals surface area (Å²) in [5.74, 6) is 0.568. The van der Waals surface area contributed by atoms with Gasteiger partial charge in [0.15, 0.2) is 0 Å². The molecular weight excluding hydrogens is 458 g/mol. The van der Waals surface area contributed by atoms with Gasteiger partial charge in [0, 0.05) is 44.2 Å². The van der Waals surface area contributed by atoms with E-state index >= 15 is 0 Å². The molecule has 0 aromatic heterocycles. The number of carbonyl (C=O) groups excluding carboxylic acids is 2. The first-order valence-corrected chi connectivity index (χ1v) is 14.5. The third-order valence-electron chi connectivity index (χ3n) is 8.31. The summed E-state index contributed by atoms with van der Waals surface area (Å²) in [4.78, 5) is 32.6. The standard InChI is InChI=1S/C32H45N3O2/c1-3-4-5-7-10-26-13-15-28(16-14-26)32(37)35-23-19-30(20-24-35)34-21-17-29(18-22-34)31(36)33(2)25-27-11-8-6-9-12-27/h6,8-9,11-16,29-30H,3-5,7,10,17-25H2,1-2H3. The Hall–Kier alpha value is -2.66. The number of carbonyl (C=O) groups is 2. The van der Waals surface area contributed by atoms with E-state index < -0.39 is 0 Å². The number of hydrogen-bond donors (Lipinski definition) is 0. The summed E-state index contributed by atoms with van der Waals surface area (Å²) in [5.41, 5.74) is 3.32. The molecule has 5 heteroatoms. The second kappa shape index (κ2) is 13.8. The van der Waals surface area contributed by atoms with Gasteiger partial charge in [-0.2, -0.15) is 0 Å². The van der Waals surface area contributed by atoms with Crippen LogP contribution in [0, 0.1) is 5.92 Å². The van der Waals surface area contributed by atoms with Crippen LogP contribution in [0.1, 0.15) is 79.8 Å². The highest BCUT2D eigenvalue weighted by atomic mass is 16.2. The summed E-state index contributed by atoms with van der Waals surface area (Å²) >= 11 is 0. The Balaban J connectivity index is 1.18. The second-order valence-corrected chi connectivity index (χ2v) is 11.0. The molecule has 4 rings (SSSR count). The molecule has 0 atom stereocenters. The lowest BCUT2D eigenvalue weighted by molar-refractivity contribution is -0.136. The number of piperidine rings is 2. The summed E-state index contributed by atoms with van der Waals surface area (Å²) in [6.45, 7) is 6.51. The van der Waals surface area contributed by atoms with Crippen molar-refractivity contribution in [3.63, 3.8) is 0 Å². The molecule has 2 aliphatic rings. The van der Waals surface area contributed by atoms with Gasteiger partial charge in [0.1, 0.15) is 0 Å². The van der Waals surface area contributed by atoms with Crippen LogP contribution in [0.5, 0.6) is 0 Å². The summed E-state index contributed by atoms with van der Waals surface area (Å²) < 4.78 is 0. The minimum Gasteiger partial charge on any atom is -0.341 e. The number of rotatable bonds is 10. The van der Waals surface area contributed by atoms with Gasteiger partial charge in [-0.3, -0.25) is 9.59 Å². The monoisotopic (exact) mass is 503 g/mol. The summed E-state index contributed by atoms with van der Waals surface area (Å²) in [6, 6.07) is 19.0. The molecule has 0 spiro atoms. The molecule has 0 N–H and O–H groups in total. The zero-order valence-corrected chi connectivity index (χ0v) is 22.9. The Morgan fingerprint density at radius 1 is 0.811 bits per heavy atom. The van der Waals surface area contributed by atoms with Crippen molar-refractivity contribution in [2.45, 2.75) is 77.3 Å². The molecule has 2 heterocycles. The largest absolute Gasteiger partial charge is 0.341 e. The van der Waals surface area contributed by atoms with E-state index in [4.69, 9.17) is 0 Å². The van der Waals surface area contributed by atoms with E-state index in [-0.39, 0.29) is 17.7 Å². The Morgan fingerprint density at radius 3 is 2.14 bits per heavy atom. The highest BCUT2D eigenvalue weighted by molar-refractivity contribution is 5.94. The molecule has 0 radical (unpaired) electrons. The summed E-state index contributed by atoms with van der Waals surface area (Å²) in [6.07, 6.45) is 10.1. The molecule has 0 bridgehead atoms. The van der Waals surface area contributed by atoms with Crippen LogP contribution in [0.25, 0.3) is 0 Å². The van der Waals surface area contributed by atoms with Gasteiger partial charge >= 0.3 is 0 Å². The number of nitrogens with zero attached hydrogens (tertiary/aromatic N) is 3. The first kappa shape index (κ1) is 27.4. The van der Waals surface area contributed by atoms with Crippen LogP contribution in [-0.2, 0) is 17.8 Å². The van der Waals surface area contributed by atoms with Crippen LogP contribution in [0.3, 0.4) is 0 Å². The van der Waals surface area contributed by atoms with E-state index in [1.165, 1.54) is 36.8 Å². The van der Waals surface area contributed by atoms with Gasteiger partial charge in [-0.25, -0.2) is 0 Å². The van der Waals surface area contributed by atoms with Crippen LogP contribution in [0.4, 0.5) is 0 Å². The van der Waals surface area contributed by atoms with Crippen molar-refractivity contribution in [1.82, 2.24) is 14.7 Å². The normalized spacial score (nSPS) is 17.6. The van der Waals surface area contributed by atoms with Crippen molar-refractivity contribution >= 4 is 11.8 Å². The fourth-order valence-corrected chi connectivity index (χ4v) is 5.94. The van der Waals surface area contributed by atoms with E-state index in [0.29, 0.717) is 12.6 Å². The Morgan fingerprint density at radius 2 is 1.49 bits per heavy atom. The summed E-state index contributed by atoms with van der Waals surface area (Å²) in [5, 5.41) is 0. The average Bonchev–Trinajstić information content (AvgIpc) is 2.95. The van der Waals surface area contributed by atoms with E-state index in [1.54, 1.807) is 0 Å². The zero-order valence-electron chi connectivity index (χ0n) is 22.9. The number of aryl methyl sites for hydroxylation is 1. The van der Waals surface area contributed by atoms with E-state index in [2.05, 4.69) is 36.1 Å². The van der Waals surface area contributed by atoms with Crippen LogP contribution in [0.2, 0.25) is 0 Å². The Kier molecular flexibility index (Phi) is 10.2. The van der Waals surface area contributed by atoms with Gasteiger partial charge in [-0.1, -0.05) is 68.7 Å². The molecule has 200 valence electrons. The lowest BCUT2D eigenvalue weighted by Crippen LogP contribution is -2.50. The third kappa shape index (κ3) is 7.67. The van der Waals surface area contributed by atoms with E-state index in [0.717, 1.165) is 63.8 Å². The lowest BCUT2D eigenvalue weighted by atomic mass is 9.92. The molecule has 0 saturated carbocycles. The smallest absolute Gasteiger partial charge is 0.253 e. The van der Waals surface area contributed by atoms with Crippen molar-refractivity contribution in [2.24, 2.45) is 5.92 Å². The quantitative estimate of drug-likeness (QED) is 0.386. The molecule has 0 aliphatic carbocycles. The summed E-state index contributed by atoms with van der Waals surface area (Å²) in [7, 11) is 1.93. The SMILES string of the molecule is CCCCCCc1ccc(C(=O)N2CCC(N3CCC(C(=O)N(C)Cc4ccccc4)CC3)CC2)cc1. The number of amides is 2. The Bertz CT molecular complexity index is 975. The van der Waals surface area contributed by atoms with Gasteiger partial charge in [-0.15, -0.1) is 0 Å². The molecule has 2 fully saturated rings. The van der Waals surface area contributed by atoms with Gasteiger partial charge in [0.2, 0.25) is 5.91 Å². The fraction of sp³-hybridized carbons (Fsp3) is 0.562. The maximum absolute atomic E-state index is 13.1. The maximum Gasteiger partial charge on any atom is 0.253 e. The first-order chi connectivity index (χ1) is 18.0. The van der Waals surface area contributed by atoms with Crippen molar-refractivity contribution in [1.29, 1.82) is 0 Å². The molecule has 2 saturated heterocycles. The van der Waals surface area contributed by atoms with Crippen molar-refractivity contribution in [2.75, 3.05) is 33.2 Å². The minimum atomic E-state index is 0.126. The first-order valence-electron chi connectivity index (χ1n) is 14.5. The van der Waals surface area contributed by atoms with Crippen molar-refractivity contribution < 1.29 is 9.59 Å². The number of hydrogen-bond acceptors (Lipinski definition) is 3. The zero-order chi connectivity index (χ0) is 26.0. The van der Waals surface area contributed by atoms with E-state index in [1.807, 2.05) is 47.2 Å². The highest BCUT2D eigenvalue weighted by Crippen LogP contribution is 2.26. The van der Waals surface area contributed by atoms with Gasteiger partial charge < -0.3 is 14.7 Å². The Labute approximate surface area is 223 Å². The van der Waals surface area contributed by atoms with Crippen LogP contribution in [-0.4, -0.2) is 65.8 Å². The van der Waals surface area contributed by atoms with Crippen molar-refractivity contribution in [3.05, 3.63) is 71.3 Å². The predicted molar refractivity (Wildman–Crippen MR) is 150 cm³/mol. The molecule has 2 aromatic rings. The molecule has 2 amide bonds. The van der Waals surface area contributed by atoms with Crippen molar-refractivity contribution in [3.8, 4) is 0 Å². The lowest BCUT2D eigenvalue weighted by Gasteiger charge is -2.42. The van der Waals surface area contributed by atoms with Crippen LogP contribution < -0.4 is 0 Å². The number of benzene rings is 2. The fourth-order valence-electron chi connectivity index (χ4n) is 5.94. The van der Waals surface area contributed by atoms with E-state index in [9.17, 15) is 9.59 Å². The maximum atomic E-state index is 13.1. The van der Waals surface area contributed by atoms with Crippen LogP contribution >= 0.6 is 0 Å². The van der Waals surface area contributed by atoms with Gasteiger partial charge in [-0.05, 0) is 74.9 Å². The molecule has 5 nitrogen and oxygen atoms in total. The molecule has 37 heavy (non-hydrogen) atoms. The van der Waals surface area contributed by atoms with Gasteiger partial charge in [0.05, 0.1) is 0 Å². The third-order valence-corrected chi connectivity index (χ3v) is 8.31. The van der Waals surface area contributed by atoms with Crippen LogP contribution in [0.15, 0.2) is 54.6 Å². The molecular formula is C32H45N3O2. The molecule has 2 aromatic carbocycles. The number of likely N-dealkylation sites (tertiary alicyclic amines) is 2. The molecule has 0 unspecified atom stereocenters. The minimum absolute atomic E-state index is 0.126. The topological polar surface area (TPSA) is 43.9 Å². The second-order valence-electron chi connectivity index (χ2n) is 11.0. The van der Waals surface area contributed by atoms with Gasteiger partial charge in [0.25, 0.3) is 5.91 Å².